The van der Waals surface area contributed by atoms with Gasteiger partial charge in [0.25, 0.3) is 0 Å². The summed E-state index contributed by atoms with van der Waals surface area (Å²) < 4.78 is 5.20. The molecule has 0 aromatic heterocycles. The zero-order valence-electron chi connectivity index (χ0n) is 10.2. The van der Waals surface area contributed by atoms with Crippen molar-refractivity contribution >= 4 is 11.8 Å². The minimum Gasteiger partial charge on any atom is -0.496 e. The third-order valence-corrected chi connectivity index (χ3v) is 2.96. The predicted molar refractivity (Wildman–Crippen MR) is 66.0 cm³/mol. The van der Waals surface area contributed by atoms with Gasteiger partial charge in [0.2, 0.25) is 11.8 Å². The summed E-state index contributed by atoms with van der Waals surface area (Å²) in [5.41, 5.74) is 0.915. The molecule has 18 heavy (non-hydrogen) atoms. The van der Waals surface area contributed by atoms with Gasteiger partial charge in [-0.15, -0.1) is 0 Å². The summed E-state index contributed by atoms with van der Waals surface area (Å²) >= 11 is 0. The quantitative estimate of drug-likeness (QED) is 0.819. The first-order chi connectivity index (χ1) is 8.70. The van der Waals surface area contributed by atoms with Gasteiger partial charge in [-0.25, -0.2) is 0 Å². The normalized spacial score (nSPS) is 18.3. The van der Waals surface area contributed by atoms with Gasteiger partial charge in [0.1, 0.15) is 11.8 Å². The van der Waals surface area contributed by atoms with E-state index in [0.717, 1.165) is 11.3 Å². The number of hydrogen-bond donors (Lipinski definition) is 2. The van der Waals surface area contributed by atoms with Gasteiger partial charge in [0, 0.05) is 18.5 Å². The lowest BCUT2D eigenvalue weighted by molar-refractivity contribution is -0.125. The Labute approximate surface area is 106 Å². The molecular formula is C13H16N2O3. The smallest absolute Gasteiger partial charge is 0.242 e. The third-order valence-electron chi connectivity index (χ3n) is 2.96. The largest absolute Gasteiger partial charge is 0.496 e. The van der Waals surface area contributed by atoms with Crippen LogP contribution in [0.4, 0.5) is 0 Å². The standard InChI is InChI=1S/C13H16N2O3/c1-18-11-5-3-2-4-9(11)8-14-13(17)10-6-7-12(16)15-10/h2-5,10H,6-8H2,1H3,(H,14,17)(H,15,16). The van der Waals surface area contributed by atoms with Crippen molar-refractivity contribution in [2.45, 2.75) is 25.4 Å². The summed E-state index contributed by atoms with van der Waals surface area (Å²) in [6.45, 7) is 0.398. The summed E-state index contributed by atoms with van der Waals surface area (Å²) in [5, 5.41) is 5.44. The summed E-state index contributed by atoms with van der Waals surface area (Å²) in [6.07, 6.45) is 0.989. The minimum absolute atomic E-state index is 0.0626. The molecule has 1 unspecified atom stereocenters. The van der Waals surface area contributed by atoms with Crippen molar-refractivity contribution in [3.8, 4) is 5.75 Å². The maximum Gasteiger partial charge on any atom is 0.242 e. The van der Waals surface area contributed by atoms with Crippen LogP contribution in [-0.4, -0.2) is 25.0 Å². The van der Waals surface area contributed by atoms with Crippen LogP contribution in [0.2, 0.25) is 0 Å². The van der Waals surface area contributed by atoms with Gasteiger partial charge in [-0.3, -0.25) is 9.59 Å². The Morgan fingerprint density at radius 3 is 2.94 bits per heavy atom. The number of methoxy groups -OCH3 is 1. The number of carbonyl (C=O) groups is 2. The van der Waals surface area contributed by atoms with E-state index in [0.29, 0.717) is 19.4 Å². The fraction of sp³-hybridized carbons (Fsp3) is 0.385. The van der Waals surface area contributed by atoms with E-state index in [1.165, 1.54) is 0 Å². The van der Waals surface area contributed by atoms with Crippen molar-refractivity contribution in [2.75, 3.05) is 7.11 Å². The SMILES string of the molecule is COc1ccccc1CNC(=O)C1CCC(=O)N1. The second kappa shape index (κ2) is 5.53. The van der Waals surface area contributed by atoms with Gasteiger partial charge in [-0.05, 0) is 12.5 Å². The number of para-hydroxylation sites is 1. The first-order valence-electron chi connectivity index (χ1n) is 5.89. The Morgan fingerprint density at radius 1 is 1.50 bits per heavy atom. The van der Waals surface area contributed by atoms with E-state index in [2.05, 4.69) is 10.6 Å². The van der Waals surface area contributed by atoms with Gasteiger partial charge < -0.3 is 15.4 Å². The van der Waals surface area contributed by atoms with E-state index >= 15 is 0 Å². The molecule has 1 atom stereocenters. The second-order valence-electron chi connectivity index (χ2n) is 4.19. The van der Waals surface area contributed by atoms with Crippen molar-refractivity contribution in [3.05, 3.63) is 29.8 Å². The molecule has 1 heterocycles. The molecular weight excluding hydrogens is 232 g/mol. The highest BCUT2D eigenvalue weighted by Crippen LogP contribution is 2.17. The topological polar surface area (TPSA) is 67.4 Å². The molecule has 0 saturated carbocycles. The lowest BCUT2D eigenvalue weighted by Gasteiger charge is -2.12. The Hall–Kier alpha value is -2.04. The molecule has 0 aliphatic carbocycles. The van der Waals surface area contributed by atoms with Crippen LogP contribution in [0, 0.1) is 0 Å². The number of hydrogen-bond acceptors (Lipinski definition) is 3. The van der Waals surface area contributed by atoms with Gasteiger partial charge in [0.05, 0.1) is 7.11 Å². The van der Waals surface area contributed by atoms with Gasteiger partial charge in [-0.2, -0.15) is 0 Å². The molecule has 1 aromatic rings. The predicted octanol–water partition coefficient (Wildman–Crippen LogP) is 0.590. The molecule has 2 amide bonds. The molecule has 1 aliphatic rings. The molecule has 5 nitrogen and oxygen atoms in total. The van der Waals surface area contributed by atoms with Crippen LogP contribution in [-0.2, 0) is 16.1 Å². The molecule has 2 rings (SSSR count). The van der Waals surface area contributed by atoms with Gasteiger partial charge in [0.15, 0.2) is 0 Å². The molecule has 1 aromatic carbocycles. The molecule has 1 saturated heterocycles. The second-order valence-corrected chi connectivity index (χ2v) is 4.19. The minimum atomic E-state index is -0.396. The molecule has 1 fully saturated rings. The van der Waals surface area contributed by atoms with E-state index in [1.54, 1.807) is 7.11 Å². The summed E-state index contributed by atoms with van der Waals surface area (Å²) in [7, 11) is 1.60. The highest BCUT2D eigenvalue weighted by Gasteiger charge is 2.26. The number of carbonyl (C=O) groups excluding carboxylic acids is 2. The monoisotopic (exact) mass is 248 g/mol. The van der Waals surface area contributed by atoms with E-state index in [9.17, 15) is 9.59 Å². The first kappa shape index (κ1) is 12.4. The molecule has 1 aliphatic heterocycles. The van der Waals surface area contributed by atoms with Crippen molar-refractivity contribution in [1.82, 2.24) is 10.6 Å². The highest BCUT2D eigenvalue weighted by atomic mass is 16.5. The molecule has 2 N–H and O–H groups in total. The number of nitrogens with one attached hydrogen (secondary N) is 2. The molecule has 0 spiro atoms. The number of rotatable bonds is 4. The van der Waals surface area contributed by atoms with E-state index in [1.807, 2.05) is 24.3 Å². The Bertz CT molecular complexity index is 459. The highest BCUT2D eigenvalue weighted by molar-refractivity contribution is 5.90. The maximum atomic E-state index is 11.8. The Kier molecular flexibility index (Phi) is 3.82. The van der Waals surface area contributed by atoms with Crippen LogP contribution in [0.25, 0.3) is 0 Å². The lowest BCUT2D eigenvalue weighted by Crippen LogP contribution is -2.41. The van der Waals surface area contributed by atoms with Crippen LogP contribution in [0.5, 0.6) is 5.75 Å². The average molecular weight is 248 g/mol. The van der Waals surface area contributed by atoms with Gasteiger partial charge in [-0.1, -0.05) is 18.2 Å². The summed E-state index contributed by atoms with van der Waals surface area (Å²) in [5.74, 6) is 0.535. The van der Waals surface area contributed by atoms with Crippen LogP contribution < -0.4 is 15.4 Å². The zero-order valence-corrected chi connectivity index (χ0v) is 10.2. The number of ether oxygens (including phenoxy) is 1. The van der Waals surface area contributed by atoms with Crippen molar-refractivity contribution in [2.24, 2.45) is 0 Å². The van der Waals surface area contributed by atoms with Crippen LogP contribution >= 0.6 is 0 Å². The van der Waals surface area contributed by atoms with E-state index in [-0.39, 0.29) is 11.8 Å². The fourth-order valence-electron chi connectivity index (χ4n) is 1.97. The molecule has 0 radical (unpaired) electrons. The van der Waals surface area contributed by atoms with Crippen molar-refractivity contribution in [3.63, 3.8) is 0 Å². The zero-order chi connectivity index (χ0) is 13.0. The molecule has 0 bridgehead atoms. The Morgan fingerprint density at radius 2 is 2.28 bits per heavy atom. The fourth-order valence-corrected chi connectivity index (χ4v) is 1.97. The maximum absolute atomic E-state index is 11.8. The van der Waals surface area contributed by atoms with E-state index < -0.39 is 6.04 Å². The Balaban J connectivity index is 1.91. The summed E-state index contributed by atoms with van der Waals surface area (Å²) in [4.78, 5) is 22.8. The summed E-state index contributed by atoms with van der Waals surface area (Å²) in [6, 6.07) is 7.11. The van der Waals surface area contributed by atoms with Gasteiger partial charge >= 0.3 is 0 Å². The average Bonchev–Trinajstić information content (AvgIpc) is 2.83. The van der Waals surface area contributed by atoms with Crippen LogP contribution in [0.1, 0.15) is 18.4 Å². The van der Waals surface area contributed by atoms with Crippen LogP contribution in [0.3, 0.4) is 0 Å². The first-order valence-corrected chi connectivity index (χ1v) is 5.89. The van der Waals surface area contributed by atoms with Crippen molar-refractivity contribution < 1.29 is 14.3 Å². The molecule has 96 valence electrons. The third kappa shape index (κ3) is 2.80. The molecule has 5 heteroatoms. The van der Waals surface area contributed by atoms with Crippen molar-refractivity contribution in [1.29, 1.82) is 0 Å². The lowest BCUT2D eigenvalue weighted by atomic mass is 10.2. The van der Waals surface area contributed by atoms with Crippen LogP contribution in [0.15, 0.2) is 24.3 Å². The number of amides is 2. The van der Waals surface area contributed by atoms with E-state index in [4.69, 9.17) is 4.74 Å². The number of benzene rings is 1.